The van der Waals surface area contributed by atoms with Crippen LogP contribution in [0.1, 0.15) is 32.3 Å². The molecule has 1 saturated heterocycles. The lowest BCUT2D eigenvalue weighted by atomic mass is 9.90. The van der Waals surface area contributed by atoms with Gasteiger partial charge in [0, 0.05) is 18.1 Å². The molecule has 2 atom stereocenters. The van der Waals surface area contributed by atoms with Crippen molar-refractivity contribution in [1.82, 2.24) is 9.88 Å². The van der Waals surface area contributed by atoms with Crippen LogP contribution in [0.25, 0.3) is 10.9 Å². The lowest BCUT2D eigenvalue weighted by Gasteiger charge is -2.40. The van der Waals surface area contributed by atoms with E-state index in [1.165, 1.54) is 4.90 Å². The van der Waals surface area contributed by atoms with E-state index in [-0.39, 0.29) is 26.0 Å². The van der Waals surface area contributed by atoms with Gasteiger partial charge in [0.25, 0.3) is 0 Å². The Balaban J connectivity index is 1.61. The molecule has 9 nitrogen and oxygen atoms in total. The van der Waals surface area contributed by atoms with Gasteiger partial charge in [0.15, 0.2) is 0 Å². The van der Waals surface area contributed by atoms with Crippen molar-refractivity contribution in [3.8, 4) is 0 Å². The Hall–Kier alpha value is -3.26. The Kier molecular flexibility index (Phi) is 9.50. The summed E-state index contributed by atoms with van der Waals surface area (Å²) in [5.41, 5.74) is 2.02. The number of benzene rings is 2. The van der Waals surface area contributed by atoms with Gasteiger partial charge in [-0.25, -0.2) is 4.79 Å². The van der Waals surface area contributed by atoms with E-state index in [0.29, 0.717) is 30.6 Å². The highest BCUT2D eigenvalue weighted by Gasteiger charge is 2.44. The Morgan fingerprint density at radius 2 is 1.76 bits per heavy atom. The van der Waals surface area contributed by atoms with Crippen LogP contribution in [-0.4, -0.2) is 53.8 Å². The van der Waals surface area contributed by atoms with E-state index in [1.54, 1.807) is 26.1 Å². The molecular weight excluding hydrogens is 505 g/mol. The minimum atomic E-state index is -3.48. The molecule has 2 heterocycles. The summed E-state index contributed by atoms with van der Waals surface area (Å²) in [6, 6.07) is 17.7. The van der Waals surface area contributed by atoms with Gasteiger partial charge >= 0.3 is 13.7 Å². The van der Waals surface area contributed by atoms with Crippen LogP contribution in [0.15, 0.2) is 66.9 Å². The number of ether oxygens (including phenoxy) is 1. The summed E-state index contributed by atoms with van der Waals surface area (Å²) < 4.78 is 30.1. The zero-order valence-corrected chi connectivity index (χ0v) is 22.6. The maximum Gasteiger partial charge on any atom is 0.410 e. The smallest absolute Gasteiger partial charge is 0.410 e. The lowest BCUT2D eigenvalue weighted by Crippen LogP contribution is -2.55. The van der Waals surface area contributed by atoms with Crippen LogP contribution in [0.3, 0.4) is 0 Å². The first-order chi connectivity index (χ1) is 18.4. The number of nitrogens with zero attached hydrogens (tertiary/aromatic N) is 2. The van der Waals surface area contributed by atoms with Gasteiger partial charge in [-0.05, 0) is 50.3 Å². The maximum absolute atomic E-state index is 13.9. The van der Waals surface area contributed by atoms with Crippen molar-refractivity contribution < 1.29 is 27.9 Å². The summed E-state index contributed by atoms with van der Waals surface area (Å²) in [4.78, 5) is 33.0. The molecule has 0 radical (unpaired) electrons. The minimum absolute atomic E-state index is 0.0169. The maximum atomic E-state index is 13.9. The van der Waals surface area contributed by atoms with E-state index >= 15 is 0 Å². The topological polar surface area (TPSA) is 107 Å². The zero-order chi connectivity index (χ0) is 27.0. The van der Waals surface area contributed by atoms with Gasteiger partial charge in [-0.3, -0.25) is 19.2 Å². The van der Waals surface area contributed by atoms with Gasteiger partial charge in [-0.2, -0.15) is 0 Å². The predicted octanol–water partition coefficient (Wildman–Crippen LogP) is 5.86. The zero-order valence-electron chi connectivity index (χ0n) is 21.7. The van der Waals surface area contributed by atoms with Crippen molar-refractivity contribution >= 4 is 36.2 Å². The van der Waals surface area contributed by atoms with Gasteiger partial charge < -0.3 is 19.1 Å². The molecule has 4 rings (SSSR count). The van der Waals surface area contributed by atoms with Crippen molar-refractivity contribution in [3.63, 3.8) is 0 Å². The first-order valence-electron chi connectivity index (χ1n) is 12.9. The van der Waals surface area contributed by atoms with Gasteiger partial charge in [0.1, 0.15) is 12.6 Å². The number of anilines is 1. The molecule has 1 N–H and O–H groups in total. The fraction of sp³-hybridized carbons (Fsp3) is 0.393. The standard InChI is InChI=1S/C28H34N3O6P/c1-3-36-38(34,37-4-2)20-23-15-10-18-31(28(33)35-19-21-11-6-5-7-12-21)26(23)27(32)30-24-16-8-13-22-14-9-17-29-25(22)24/h5-9,11-14,16-17,23,26H,3-4,10,15,18-20H2,1-2H3,(H,30,32)/t23-,26-/m0/s1. The number of piperidine rings is 1. The third-order valence-corrected chi connectivity index (χ3v) is 8.68. The van der Waals surface area contributed by atoms with Gasteiger partial charge in [-0.1, -0.05) is 48.5 Å². The molecule has 1 fully saturated rings. The normalized spacial score (nSPS) is 17.8. The second kappa shape index (κ2) is 13.0. The van der Waals surface area contributed by atoms with Crippen LogP contribution >= 0.6 is 7.60 Å². The summed E-state index contributed by atoms with van der Waals surface area (Å²) in [7, 11) is -3.48. The quantitative estimate of drug-likeness (QED) is 0.322. The average molecular weight is 540 g/mol. The molecular formula is C28H34N3O6P. The van der Waals surface area contributed by atoms with Gasteiger partial charge in [0.2, 0.25) is 5.91 Å². The molecule has 3 aromatic rings. The Labute approximate surface area is 223 Å². The number of hydrogen-bond acceptors (Lipinski definition) is 7. The number of pyridine rings is 1. The number of carbonyl (C=O) groups excluding carboxylic acids is 2. The summed E-state index contributed by atoms with van der Waals surface area (Å²) in [5, 5.41) is 3.85. The SMILES string of the molecule is CCOP(=O)(C[C@@H]1CCCN(C(=O)OCc2ccccc2)[C@@H]1C(=O)Nc1cccc2cccnc12)OCC. The van der Waals surface area contributed by atoms with E-state index in [9.17, 15) is 14.2 Å². The second-order valence-electron chi connectivity index (χ2n) is 9.08. The molecule has 0 bridgehead atoms. The van der Waals surface area contributed by atoms with E-state index in [1.807, 2.05) is 54.6 Å². The highest BCUT2D eigenvalue weighted by molar-refractivity contribution is 7.53. The van der Waals surface area contributed by atoms with E-state index in [4.69, 9.17) is 13.8 Å². The van der Waals surface area contributed by atoms with Gasteiger partial charge in [-0.15, -0.1) is 0 Å². The third-order valence-electron chi connectivity index (χ3n) is 6.46. The number of amides is 2. The molecule has 0 aliphatic carbocycles. The molecule has 38 heavy (non-hydrogen) atoms. The van der Waals surface area contributed by atoms with Crippen LogP contribution in [0.5, 0.6) is 0 Å². The molecule has 0 spiro atoms. The highest BCUT2D eigenvalue weighted by atomic mass is 31.2. The van der Waals surface area contributed by atoms with Crippen LogP contribution in [0.4, 0.5) is 10.5 Å². The molecule has 0 saturated carbocycles. The lowest BCUT2D eigenvalue weighted by molar-refractivity contribution is -0.123. The van der Waals surface area contributed by atoms with Crippen LogP contribution < -0.4 is 5.32 Å². The molecule has 0 unspecified atom stereocenters. The predicted molar refractivity (Wildman–Crippen MR) is 146 cm³/mol. The Morgan fingerprint density at radius 3 is 2.50 bits per heavy atom. The number of para-hydroxylation sites is 1. The first-order valence-corrected chi connectivity index (χ1v) is 14.7. The molecule has 202 valence electrons. The fourth-order valence-corrected chi connectivity index (χ4v) is 6.89. The number of hydrogen-bond donors (Lipinski definition) is 1. The molecule has 10 heteroatoms. The number of carbonyl (C=O) groups is 2. The third kappa shape index (κ3) is 6.78. The van der Waals surface area contributed by atoms with E-state index < -0.39 is 31.6 Å². The van der Waals surface area contributed by atoms with Crippen LogP contribution in [0.2, 0.25) is 0 Å². The number of likely N-dealkylation sites (tertiary alicyclic amines) is 1. The molecule has 1 aromatic heterocycles. The van der Waals surface area contributed by atoms with Crippen molar-refractivity contribution in [2.45, 2.75) is 39.3 Å². The number of aromatic nitrogens is 1. The van der Waals surface area contributed by atoms with Crippen LogP contribution in [-0.2, 0) is 29.8 Å². The monoisotopic (exact) mass is 539 g/mol. The number of rotatable bonds is 10. The fourth-order valence-electron chi connectivity index (χ4n) is 4.86. The summed E-state index contributed by atoms with van der Waals surface area (Å²) >= 11 is 0. The number of nitrogens with one attached hydrogen (secondary N) is 1. The highest BCUT2D eigenvalue weighted by Crippen LogP contribution is 2.51. The number of fused-ring (bicyclic) bond motifs is 1. The molecule has 1 aliphatic rings. The molecule has 2 amide bonds. The largest absolute Gasteiger partial charge is 0.445 e. The van der Waals surface area contributed by atoms with Crippen molar-refractivity contribution in [2.75, 3.05) is 31.2 Å². The minimum Gasteiger partial charge on any atom is -0.445 e. The molecule has 2 aromatic carbocycles. The first kappa shape index (κ1) is 27.8. The van der Waals surface area contributed by atoms with Gasteiger partial charge in [0.05, 0.1) is 30.6 Å². The van der Waals surface area contributed by atoms with E-state index in [0.717, 1.165) is 10.9 Å². The summed E-state index contributed by atoms with van der Waals surface area (Å²) in [6.45, 7) is 4.34. The van der Waals surface area contributed by atoms with Crippen molar-refractivity contribution in [3.05, 3.63) is 72.4 Å². The summed E-state index contributed by atoms with van der Waals surface area (Å²) in [5.74, 6) is -0.857. The Morgan fingerprint density at radius 1 is 1.03 bits per heavy atom. The average Bonchev–Trinajstić information content (AvgIpc) is 2.92. The van der Waals surface area contributed by atoms with E-state index in [2.05, 4.69) is 10.3 Å². The molecule has 1 aliphatic heterocycles. The summed E-state index contributed by atoms with van der Waals surface area (Å²) in [6.07, 6.45) is 2.29. The second-order valence-corrected chi connectivity index (χ2v) is 11.2. The van der Waals surface area contributed by atoms with Crippen LogP contribution in [0, 0.1) is 5.92 Å². The van der Waals surface area contributed by atoms with Crippen molar-refractivity contribution in [1.29, 1.82) is 0 Å². The van der Waals surface area contributed by atoms with Crippen molar-refractivity contribution in [2.24, 2.45) is 5.92 Å². The Bertz CT molecular complexity index is 1270.